The number of carboxylic acids is 1. The fourth-order valence-electron chi connectivity index (χ4n) is 5.55. The SMILES string of the molecule is CCc1cccc(CCOc2c(O)c(OC)cc(C(=O)O[C@H](O)[C@@H]3O[C@@H](Oc4cc(N[C@H](C)CO)c(C(=O)O)cc4OCNC(N)=NC)[C@H](O)[C@@H](O)[C@@H]3O)c2O)c1. The molecule has 0 spiro atoms. The van der Waals surface area contributed by atoms with Gasteiger partial charge in [-0.3, -0.25) is 4.99 Å². The molecule has 0 amide bonds. The maximum Gasteiger partial charge on any atom is 0.344 e. The molecule has 7 atom stereocenters. The third-order valence-electron chi connectivity index (χ3n) is 8.74. The van der Waals surface area contributed by atoms with Crippen LogP contribution in [0, 0.1) is 0 Å². The van der Waals surface area contributed by atoms with Crippen LogP contribution in [0.4, 0.5) is 5.69 Å². The number of benzene rings is 3. The Bertz CT molecular complexity index is 1890. The summed E-state index contributed by atoms with van der Waals surface area (Å²) < 4.78 is 32.9. The summed E-state index contributed by atoms with van der Waals surface area (Å²) >= 11 is 0. The molecule has 0 saturated carbocycles. The van der Waals surface area contributed by atoms with E-state index in [1.807, 2.05) is 31.2 Å². The molecule has 1 saturated heterocycles. The number of guanidine groups is 1. The van der Waals surface area contributed by atoms with Gasteiger partial charge in [0, 0.05) is 37.7 Å². The van der Waals surface area contributed by atoms with Gasteiger partial charge >= 0.3 is 11.9 Å². The van der Waals surface area contributed by atoms with E-state index in [4.69, 9.17) is 34.2 Å². The lowest BCUT2D eigenvalue weighted by atomic mass is 9.98. The van der Waals surface area contributed by atoms with Gasteiger partial charge in [0.25, 0.3) is 0 Å². The Hall–Kier alpha value is -5.77. The van der Waals surface area contributed by atoms with Crippen molar-refractivity contribution < 1.29 is 78.9 Å². The highest BCUT2D eigenvalue weighted by molar-refractivity contribution is 5.96. The zero-order valence-electron chi connectivity index (χ0n) is 31.5. The number of aliphatic hydroxyl groups excluding tert-OH is 5. The molecule has 0 aliphatic carbocycles. The van der Waals surface area contributed by atoms with Gasteiger partial charge < -0.3 is 85.6 Å². The predicted octanol–water partition coefficient (Wildman–Crippen LogP) is 0.0134. The fraction of sp³-hybridized carbons (Fsp3) is 0.432. The second-order valence-electron chi connectivity index (χ2n) is 12.7. The zero-order chi connectivity index (χ0) is 42.0. The van der Waals surface area contributed by atoms with Crippen LogP contribution in [0.15, 0.2) is 47.5 Å². The molecule has 1 aliphatic rings. The van der Waals surface area contributed by atoms with Crippen molar-refractivity contribution in [2.75, 3.05) is 39.4 Å². The van der Waals surface area contributed by atoms with Crippen LogP contribution < -0.4 is 35.3 Å². The van der Waals surface area contributed by atoms with Gasteiger partial charge in [-0.15, -0.1) is 0 Å². The molecule has 0 aromatic heterocycles. The number of phenols is 2. The summed E-state index contributed by atoms with van der Waals surface area (Å²) in [6, 6.07) is 10.2. The fourth-order valence-corrected chi connectivity index (χ4v) is 5.55. The molecule has 20 nitrogen and oxygen atoms in total. The van der Waals surface area contributed by atoms with E-state index in [2.05, 4.69) is 15.6 Å². The van der Waals surface area contributed by atoms with E-state index >= 15 is 0 Å². The first-order chi connectivity index (χ1) is 27.1. The van der Waals surface area contributed by atoms with Crippen molar-refractivity contribution in [3.63, 3.8) is 0 Å². The highest BCUT2D eigenvalue weighted by Gasteiger charge is 2.49. The van der Waals surface area contributed by atoms with Crippen LogP contribution in [0.25, 0.3) is 0 Å². The first kappa shape index (κ1) is 44.0. The Balaban J connectivity index is 1.58. The number of hydrogen-bond acceptors (Lipinski definition) is 17. The van der Waals surface area contributed by atoms with Crippen molar-refractivity contribution in [3.8, 4) is 34.5 Å². The summed E-state index contributed by atoms with van der Waals surface area (Å²) in [4.78, 5) is 29.2. The summed E-state index contributed by atoms with van der Waals surface area (Å²) in [6.45, 7) is 2.77. The van der Waals surface area contributed by atoms with Gasteiger partial charge in [-0.1, -0.05) is 31.2 Å². The summed E-state index contributed by atoms with van der Waals surface area (Å²) in [5.41, 5.74) is 6.63. The van der Waals surface area contributed by atoms with E-state index in [1.165, 1.54) is 14.2 Å². The van der Waals surface area contributed by atoms with E-state index < -0.39 is 84.4 Å². The largest absolute Gasteiger partial charge is 0.504 e. The summed E-state index contributed by atoms with van der Waals surface area (Å²) in [5.74, 6) is -5.70. The molecular weight excluding hydrogens is 756 g/mol. The second kappa shape index (κ2) is 19.9. The molecule has 1 aliphatic heterocycles. The first-order valence-electron chi connectivity index (χ1n) is 17.6. The van der Waals surface area contributed by atoms with E-state index in [1.54, 1.807) is 6.92 Å². The van der Waals surface area contributed by atoms with Crippen molar-refractivity contribution in [2.45, 2.75) is 69.7 Å². The Kier molecular flexibility index (Phi) is 15.3. The molecule has 3 aromatic carbocycles. The minimum atomic E-state index is -2.40. The Morgan fingerprint density at radius 1 is 0.965 bits per heavy atom. The van der Waals surface area contributed by atoms with Gasteiger partial charge in [0.15, 0.2) is 41.8 Å². The number of esters is 1. The van der Waals surface area contributed by atoms with E-state index in [-0.39, 0.29) is 47.8 Å². The molecule has 312 valence electrons. The van der Waals surface area contributed by atoms with E-state index in [9.17, 15) is 50.4 Å². The van der Waals surface area contributed by atoms with Crippen LogP contribution in [-0.2, 0) is 22.3 Å². The van der Waals surface area contributed by atoms with Crippen LogP contribution in [-0.4, -0.2) is 136 Å². The molecule has 0 radical (unpaired) electrons. The molecule has 12 N–H and O–H groups in total. The topological polar surface area (TPSA) is 314 Å². The Labute approximate surface area is 326 Å². The van der Waals surface area contributed by atoms with Gasteiger partial charge in [-0.05, 0) is 24.5 Å². The number of rotatable bonds is 18. The predicted molar refractivity (Wildman–Crippen MR) is 200 cm³/mol. The summed E-state index contributed by atoms with van der Waals surface area (Å²) in [7, 11) is 2.58. The maximum atomic E-state index is 13.4. The number of methoxy groups -OCH3 is 1. The highest BCUT2D eigenvalue weighted by atomic mass is 16.7. The second-order valence-corrected chi connectivity index (χ2v) is 12.7. The molecule has 3 aromatic rings. The van der Waals surface area contributed by atoms with Crippen molar-refractivity contribution in [2.24, 2.45) is 10.7 Å². The molecule has 1 heterocycles. The average Bonchev–Trinajstić information content (AvgIpc) is 3.19. The number of aliphatic imine (C=N–C) groups is 1. The molecular formula is C37H48N4O16. The number of phenolic OH excluding ortho intramolecular Hbond substituents is 2. The number of nitrogens with two attached hydrogens (primary N) is 1. The molecule has 4 rings (SSSR count). The standard InChI is InChI=1S/C37H48N4O16/c1-5-18-7-6-8-19(11-18)9-10-53-31-26(43)21(13-25(52-4)27(31)44)34(50)57-35(51)32-29(46)28(45)30(47)36(56-32)55-24-14-22(41-17(2)15-42)20(33(48)49)12-23(24)54-16-40-37(38)39-3/h6-8,11-14,17,28-30,32,35-36,41-47,51H,5,9-10,15-16H2,1-4H3,(H,48,49)(H3,38,39,40)/t17-,28+,29+,30-,32-,35+,36-/m1/s1. The number of aryl methyl sites for hydroxylation is 1. The normalized spacial score (nSPS) is 20.5. The third-order valence-corrected chi connectivity index (χ3v) is 8.74. The lowest BCUT2D eigenvalue weighted by Gasteiger charge is -2.41. The van der Waals surface area contributed by atoms with Crippen molar-refractivity contribution >= 4 is 23.6 Å². The van der Waals surface area contributed by atoms with E-state index in [0.29, 0.717) is 6.42 Å². The number of carbonyl (C=O) groups is 2. The molecule has 20 heteroatoms. The maximum absolute atomic E-state index is 13.4. The minimum absolute atomic E-state index is 0.0307. The van der Waals surface area contributed by atoms with Crippen LogP contribution in [0.1, 0.15) is 45.7 Å². The number of nitrogens with one attached hydrogen (secondary N) is 2. The third kappa shape index (κ3) is 10.8. The average molecular weight is 805 g/mol. The van der Waals surface area contributed by atoms with Crippen LogP contribution in [0.5, 0.6) is 34.5 Å². The van der Waals surface area contributed by atoms with E-state index in [0.717, 1.165) is 35.7 Å². The zero-order valence-corrected chi connectivity index (χ0v) is 31.5. The first-order valence-corrected chi connectivity index (χ1v) is 17.6. The summed E-state index contributed by atoms with van der Waals surface area (Å²) in [6.07, 6.45) is -11.4. The number of carboxylic acid groups (broad SMARTS) is 1. The number of ether oxygens (including phenoxy) is 6. The minimum Gasteiger partial charge on any atom is -0.504 e. The smallest absolute Gasteiger partial charge is 0.344 e. The Morgan fingerprint density at radius 2 is 1.67 bits per heavy atom. The van der Waals surface area contributed by atoms with Crippen LogP contribution in [0.2, 0.25) is 0 Å². The highest BCUT2D eigenvalue weighted by Crippen LogP contribution is 2.46. The number of aromatic hydroxyl groups is 2. The number of hydrogen-bond donors (Lipinski definition) is 11. The van der Waals surface area contributed by atoms with Crippen LogP contribution >= 0.6 is 0 Å². The number of nitrogens with zero attached hydrogens (tertiary/aromatic N) is 1. The van der Waals surface area contributed by atoms with Crippen molar-refractivity contribution in [1.29, 1.82) is 0 Å². The Morgan fingerprint density at radius 3 is 2.32 bits per heavy atom. The quantitative estimate of drug-likeness (QED) is 0.0349. The molecule has 57 heavy (non-hydrogen) atoms. The van der Waals surface area contributed by atoms with Crippen LogP contribution in [0.3, 0.4) is 0 Å². The van der Waals surface area contributed by atoms with Crippen molar-refractivity contribution in [3.05, 3.63) is 64.7 Å². The van der Waals surface area contributed by atoms with Gasteiger partial charge in [0.2, 0.25) is 24.1 Å². The summed E-state index contributed by atoms with van der Waals surface area (Å²) in [5, 5.41) is 89.9. The van der Waals surface area contributed by atoms with Gasteiger partial charge in [0.1, 0.15) is 23.9 Å². The molecule has 1 fully saturated rings. The monoisotopic (exact) mass is 804 g/mol. The van der Waals surface area contributed by atoms with Gasteiger partial charge in [-0.2, -0.15) is 0 Å². The van der Waals surface area contributed by atoms with Gasteiger partial charge in [-0.25, -0.2) is 9.59 Å². The van der Waals surface area contributed by atoms with Crippen molar-refractivity contribution in [1.82, 2.24) is 5.32 Å². The van der Waals surface area contributed by atoms with Gasteiger partial charge in [0.05, 0.1) is 31.6 Å². The molecule has 0 bridgehead atoms. The lowest BCUT2D eigenvalue weighted by Crippen LogP contribution is -2.62. The lowest BCUT2D eigenvalue weighted by molar-refractivity contribution is -0.309. The number of anilines is 1. The number of aliphatic hydroxyl groups is 5. The number of carbonyl (C=O) groups excluding carboxylic acids is 1. The number of aromatic carboxylic acids is 1. The molecule has 0 unspecified atom stereocenters.